The average Bonchev–Trinajstić information content (AvgIpc) is 3.48. The molecule has 3 heterocycles. The van der Waals surface area contributed by atoms with Gasteiger partial charge in [0.2, 0.25) is 10.9 Å². The maximum atomic E-state index is 13.2. The molecule has 1 aliphatic rings. The molecule has 1 aliphatic heterocycles. The third-order valence-electron chi connectivity index (χ3n) is 5.75. The molecule has 2 aromatic carbocycles. The van der Waals surface area contributed by atoms with Crippen LogP contribution in [0, 0.1) is 0 Å². The van der Waals surface area contributed by atoms with E-state index < -0.39 is 17.4 Å². The second-order valence-corrected chi connectivity index (χ2v) is 9.17. The van der Waals surface area contributed by atoms with Gasteiger partial charge in [0.05, 0.1) is 17.9 Å². The maximum Gasteiger partial charge on any atom is 0.291 e. The summed E-state index contributed by atoms with van der Waals surface area (Å²) < 4.78 is 7.19. The van der Waals surface area contributed by atoms with Gasteiger partial charge in [-0.3, -0.25) is 19.3 Å². The highest BCUT2D eigenvalue weighted by molar-refractivity contribution is 7.15. The number of para-hydroxylation sites is 1. The lowest BCUT2D eigenvalue weighted by Gasteiger charge is -2.14. The molecule has 2 N–H and O–H groups in total. The molecule has 5 rings (SSSR count). The Bertz CT molecular complexity index is 1540. The molecule has 0 radical (unpaired) electrons. The fourth-order valence-corrected chi connectivity index (χ4v) is 5.06. The molecule has 178 valence electrons. The van der Waals surface area contributed by atoms with Gasteiger partial charge in [-0.2, -0.15) is 9.50 Å². The first kappa shape index (κ1) is 22.7. The molecule has 10 heteroatoms. The van der Waals surface area contributed by atoms with Crippen LogP contribution in [0.15, 0.2) is 53.3 Å². The van der Waals surface area contributed by atoms with Crippen molar-refractivity contribution >= 4 is 39.4 Å². The van der Waals surface area contributed by atoms with Crippen LogP contribution in [0.4, 0.5) is 5.69 Å². The summed E-state index contributed by atoms with van der Waals surface area (Å²) in [4.78, 5) is 44.1. The molecule has 0 saturated heterocycles. The number of unbranched alkanes of at least 4 members (excludes halogenated alkanes) is 2. The van der Waals surface area contributed by atoms with E-state index in [1.807, 2.05) is 24.3 Å². The zero-order valence-electron chi connectivity index (χ0n) is 19.1. The summed E-state index contributed by atoms with van der Waals surface area (Å²) in [6.45, 7) is 2.55. The minimum Gasteiger partial charge on any atom is -0.494 e. The highest BCUT2D eigenvalue weighted by Crippen LogP contribution is 2.35. The number of primary amides is 1. The van der Waals surface area contributed by atoms with Gasteiger partial charge in [-0.25, -0.2) is 0 Å². The standard InChI is InChI=1S/C25H23N5O4S/c1-2-3-6-13-34-16-11-9-15(10-12-16)22-27-25-30(28-22)24(33)21(35-25)20-17-7-4-5-8-18(17)29(23(20)32)14-19(26)31/h4-5,7-12H,2-3,6,13-14H2,1H3,(H2,26,31)/b21-20-. The van der Waals surface area contributed by atoms with Crippen LogP contribution in [-0.2, 0) is 9.59 Å². The molecule has 0 aliphatic carbocycles. The molecular formula is C25H23N5O4S. The van der Waals surface area contributed by atoms with Crippen LogP contribution in [0.2, 0.25) is 0 Å². The summed E-state index contributed by atoms with van der Waals surface area (Å²) in [5.74, 6) is 0.103. The fourth-order valence-electron chi connectivity index (χ4n) is 4.06. The van der Waals surface area contributed by atoms with Crippen molar-refractivity contribution in [3.05, 3.63) is 69.0 Å². The second kappa shape index (κ2) is 9.30. The van der Waals surface area contributed by atoms with Crippen LogP contribution in [0.1, 0.15) is 31.7 Å². The number of thiazole rings is 1. The summed E-state index contributed by atoms with van der Waals surface area (Å²) >= 11 is 1.10. The number of carbonyl (C=O) groups excluding carboxylic acids is 2. The molecule has 0 atom stereocenters. The summed E-state index contributed by atoms with van der Waals surface area (Å²) in [6, 6.07) is 14.4. The number of hydrogen-bond acceptors (Lipinski definition) is 7. The second-order valence-electron chi connectivity index (χ2n) is 8.20. The molecule has 0 spiro atoms. The van der Waals surface area contributed by atoms with Gasteiger partial charge >= 0.3 is 0 Å². The first-order chi connectivity index (χ1) is 17.0. The van der Waals surface area contributed by atoms with E-state index in [2.05, 4.69) is 17.0 Å². The zero-order chi connectivity index (χ0) is 24.5. The molecule has 2 aromatic heterocycles. The third kappa shape index (κ3) is 4.17. The van der Waals surface area contributed by atoms with Crippen molar-refractivity contribution in [3.8, 4) is 17.1 Å². The van der Waals surface area contributed by atoms with E-state index in [1.54, 1.807) is 24.3 Å². The number of anilines is 1. The Morgan fingerprint density at radius 3 is 2.57 bits per heavy atom. The molecular weight excluding hydrogens is 466 g/mol. The van der Waals surface area contributed by atoms with Crippen molar-refractivity contribution in [2.24, 2.45) is 5.73 Å². The predicted octanol–water partition coefficient (Wildman–Crippen LogP) is 2.14. The number of fused-ring (bicyclic) bond motifs is 2. The van der Waals surface area contributed by atoms with Crippen molar-refractivity contribution in [2.45, 2.75) is 26.2 Å². The first-order valence-electron chi connectivity index (χ1n) is 11.3. The van der Waals surface area contributed by atoms with Gasteiger partial charge in [0.15, 0.2) is 5.82 Å². The maximum absolute atomic E-state index is 13.2. The Labute approximate surface area is 204 Å². The summed E-state index contributed by atoms with van der Waals surface area (Å²) in [6.07, 6.45) is 3.28. The quantitative estimate of drug-likeness (QED) is 0.379. The lowest BCUT2D eigenvalue weighted by Crippen LogP contribution is -2.37. The monoisotopic (exact) mass is 489 g/mol. The first-order valence-corrected chi connectivity index (χ1v) is 12.2. The van der Waals surface area contributed by atoms with Crippen LogP contribution in [-0.4, -0.2) is 39.6 Å². The van der Waals surface area contributed by atoms with E-state index in [0.29, 0.717) is 28.6 Å². The summed E-state index contributed by atoms with van der Waals surface area (Å²) in [5.41, 5.74) is 7.01. The zero-order valence-corrected chi connectivity index (χ0v) is 19.9. The molecule has 2 amide bonds. The molecule has 0 fully saturated rings. The number of nitrogens with two attached hydrogens (primary N) is 1. The SMILES string of the molecule is CCCCCOc1ccc(-c2nc3s/c(=C4\C(=O)N(CC(N)=O)c5ccccc54)c(=O)n3n2)cc1. The molecule has 35 heavy (non-hydrogen) atoms. The van der Waals surface area contributed by atoms with Gasteiger partial charge in [0.25, 0.3) is 11.5 Å². The topological polar surface area (TPSA) is 120 Å². The Kier molecular flexibility index (Phi) is 6.04. The Balaban J connectivity index is 1.49. The van der Waals surface area contributed by atoms with E-state index in [1.165, 1.54) is 9.42 Å². The van der Waals surface area contributed by atoms with Crippen molar-refractivity contribution in [3.63, 3.8) is 0 Å². The van der Waals surface area contributed by atoms with Gasteiger partial charge < -0.3 is 10.5 Å². The number of amides is 2. The largest absolute Gasteiger partial charge is 0.494 e. The normalized spacial score (nSPS) is 14.5. The molecule has 4 aromatic rings. The van der Waals surface area contributed by atoms with Crippen molar-refractivity contribution in [1.29, 1.82) is 0 Å². The number of aromatic nitrogens is 3. The van der Waals surface area contributed by atoms with Crippen LogP contribution in [0.3, 0.4) is 0 Å². The van der Waals surface area contributed by atoms with Crippen molar-refractivity contribution in [2.75, 3.05) is 18.1 Å². The van der Waals surface area contributed by atoms with Crippen LogP contribution < -0.4 is 25.5 Å². The van der Waals surface area contributed by atoms with Crippen LogP contribution in [0.25, 0.3) is 21.9 Å². The lowest BCUT2D eigenvalue weighted by atomic mass is 10.1. The number of hydrogen-bond donors (Lipinski definition) is 1. The Morgan fingerprint density at radius 2 is 1.86 bits per heavy atom. The summed E-state index contributed by atoms with van der Waals surface area (Å²) in [7, 11) is 0. The molecule has 0 unspecified atom stereocenters. The third-order valence-corrected chi connectivity index (χ3v) is 6.78. The van der Waals surface area contributed by atoms with E-state index in [-0.39, 0.29) is 16.7 Å². The Morgan fingerprint density at radius 1 is 1.09 bits per heavy atom. The predicted molar refractivity (Wildman–Crippen MR) is 133 cm³/mol. The van der Waals surface area contributed by atoms with Gasteiger partial charge in [-0.05, 0) is 36.8 Å². The molecule has 0 saturated carbocycles. The fraction of sp³-hybridized carbons (Fsp3) is 0.240. The van der Waals surface area contributed by atoms with E-state index in [9.17, 15) is 14.4 Å². The molecule has 0 bridgehead atoms. The van der Waals surface area contributed by atoms with Crippen molar-refractivity contribution < 1.29 is 14.3 Å². The lowest BCUT2D eigenvalue weighted by molar-refractivity contribution is -0.119. The number of nitrogens with zero attached hydrogens (tertiary/aromatic N) is 4. The minimum atomic E-state index is -0.638. The van der Waals surface area contributed by atoms with Crippen molar-refractivity contribution in [1.82, 2.24) is 14.6 Å². The average molecular weight is 490 g/mol. The van der Waals surface area contributed by atoms with E-state index in [0.717, 1.165) is 41.9 Å². The van der Waals surface area contributed by atoms with Gasteiger partial charge in [-0.15, -0.1) is 5.10 Å². The van der Waals surface area contributed by atoms with E-state index in [4.69, 9.17) is 10.5 Å². The Hall–Kier alpha value is -4.05. The van der Waals surface area contributed by atoms with E-state index >= 15 is 0 Å². The van der Waals surface area contributed by atoms with Crippen LogP contribution >= 0.6 is 11.3 Å². The molecule has 9 nitrogen and oxygen atoms in total. The minimum absolute atomic E-state index is 0.229. The number of carbonyl (C=O) groups is 2. The highest BCUT2D eigenvalue weighted by Gasteiger charge is 2.35. The highest BCUT2D eigenvalue weighted by atomic mass is 32.1. The van der Waals surface area contributed by atoms with Crippen LogP contribution in [0.5, 0.6) is 5.75 Å². The van der Waals surface area contributed by atoms with Gasteiger partial charge in [0.1, 0.15) is 16.8 Å². The van der Waals surface area contributed by atoms with Gasteiger partial charge in [-0.1, -0.05) is 49.3 Å². The number of rotatable bonds is 8. The smallest absolute Gasteiger partial charge is 0.291 e. The number of ether oxygens (including phenoxy) is 1. The van der Waals surface area contributed by atoms with Gasteiger partial charge in [0, 0.05) is 11.1 Å². The summed E-state index contributed by atoms with van der Waals surface area (Å²) in [5, 5.41) is 4.39. The number of benzene rings is 2.